The van der Waals surface area contributed by atoms with Crippen LogP contribution in [0.25, 0.3) is 0 Å². The highest BCUT2D eigenvalue weighted by Crippen LogP contribution is 2.65. The first-order chi connectivity index (χ1) is 15.5. The molecule has 4 aliphatic rings. The van der Waals surface area contributed by atoms with Gasteiger partial charge in [0.2, 0.25) is 0 Å². The van der Waals surface area contributed by atoms with E-state index in [-0.39, 0.29) is 18.4 Å². The smallest absolute Gasteiger partial charge is 0.311 e. The Morgan fingerprint density at radius 2 is 2.06 bits per heavy atom. The molecule has 6 heteroatoms. The lowest BCUT2D eigenvalue weighted by Gasteiger charge is -2.62. The fourth-order valence-corrected chi connectivity index (χ4v) is 6.58. The Morgan fingerprint density at radius 1 is 1.25 bits per heavy atom. The molecule has 2 aromatic carbocycles. The topological polar surface area (TPSA) is 68.2 Å². The molecule has 6 nitrogen and oxygen atoms in total. The third kappa shape index (κ3) is 2.39. The molecule has 0 radical (unpaired) electrons. The molecule has 2 heterocycles. The second-order valence-corrected chi connectivity index (χ2v) is 9.37. The molecule has 2 aromatic rings. The Kier molecular flexibility index (Phi) is 4.23. The maximum atomic E-state index is 13.3. The number of benzene rings is 2. The summed E-state index contributed by atoms with van der Waals surface area (Å²) in [5.74, 6) is 1.07. The van der Waals surface area contributed by atoms with Crippen LogP contribution in [0.3, 0.4) is 0 Å². The van der Waals surface area contributed by atoms with E-state index >= 15 is 0 Å². The van der Waals surface area contributed by atoms with E-state index in [0.29, 0.717) is 11.5 Å². The molecule has 0 amide bonds. The van der Waals surface area contributed by atoms with Crippen LogP contribution in [0.2, 0.25) is 0 Å². The van der Waals surface area contributed by atoms with Crippen LogP contribution in [-0.2, 0) is 27.8 Å². The van der Waals surface area contributed by atoms with Crippen molar-refractivity contribution >= 4 is 5.97 Å². The number of ether oxygens (including phenoxy) is 3. The lowest BCUT2D eigenvalue weighted by atomic mass is 9.50. The zero-order valence-electron chi connectivity index (χ0n) is 18.3. The zero-order valence-corrected chi connectivity index (χ0v) is 18.3. The van der Waals surface area contributed by atoms with Crippen LogP contribution in [0.15, 0.2) is 54.6 Å². The van der Waals surface area contributed by atoms with E-state index in [0.717, 1.165) is 30.5 Å². The van der Waals surface area contributed by atoms with E-state index in [1.165, 1.54) is 5.56 Å². The Balaban J connectivity index is 1.52. The third-order valence-electron chi connectivity index (χ3n) is 7.93. The first-order valence-electron chi connectivity index (χ1n) is 11.2. The summed E-state index contributed by atoms with van der Waals surface area (Å²) in [6.45, 7) is 0.833. The van der Waals surface area contributed by atoms with Crippen molar-refractivity contribution in [3.63, 3.8) is 0 Å². The van der Waals surface area contributed by atoms with Crippen molar-refractivity contribution in [3.05, 3.63) is 71.3 Å². The molecule has 32 heavy (non-hydrogen) atoms. The minimum atomic E-state index is -0.916. The van der Waals surface area contributed by atoms with Gasteiger partial charge in [-0.2, -0.15) is 0 Å². The molecule has 2 aliphatic carbocycles. The highest BCUT2D eigenvalue weighted by Gasteiger charge is 2.73. The fourth-order valence-electron chi connectivity index (χ4n) is 6.58. The molecule has 6 rings (SSSR count). The van der Waals surface area contributed by atoms with Gasteiger partial charge in [-0.1, -0.05) is 42.5 Å². The molecule has 1 saturated heterocycles. The minimum Gasteiger partial charge on any atom is -0.493 e. The van der Waals surface area contributed by atoms with Crippen LogP contribution in [0.4, 0.5) is 0 Å². The van der Waals surface area contributed by atoms with Crippen molar-refractivity contribution in [2.75, 3.05) is 20.7 Å². The second kappa shape index (κ2) is 6.83. The molecule has 0 aromatic heterocycles. The number of piperidine rings is 1. The fraction of sp³-hybridized carbons (Fsp3) is 0.423. The van der Waals surface area contributed by atoms with Crippen molar-refractivity contribution in [2.24, 2.45) is 0 Å². The van der Waals surface area contributed by atoms with Gasteiger partial charge in [-0.15, -0.1) is 0 Å². The Morgan fingerprint density at radius 3 is 2.84 bits per heavy atom. The van der Waals surface area contributed by atoms with E-state index in [2.05, 4.69) is 18.0 Å². The number of esters is 1. The average Bonchev–Trinajstić information content (AvgIpc) is 3.15. The van der Waals surface area contributed by atoms with E-state index in [4.69, 9.17) is 14.2 Å². The summed E-state index contributed by atoms with van der Waals surface area (Å²) in [6.07, 6.45) is 4.03. The first kappa shape index (κ1) is 19.8. The van der Waals surface area contributed by atoms with Gasteiger partial charge in [-0.3, -0.25) is 9.69 Å². The predicted octanol–water partition coefficient (Wildman–Crippen LogP) is 2.41. The Hall–Kier alpha value is -2.83. The molecule has 0 saturated carbocycles. The molecule has 0 unspecified atom stereocenters. The molecular weight excluding hydrogens is 406 g/mol. The van der Waals surface area contributed by atoms with E-state index in [9.17, 15) is 9.90 Å². The number of rotatable bonds is 4. The second-order valence-electron chi connectivity index (χ2n) is 9.37. The number of aliphatic hydroxyl groups is 1. The molecule has 1 spiro atoms. The lowest BCUT2D eigenvalue weighted by molar-refractivity contribution is -0.194. The van der Waals surface area contributed by atoms with Crippen LogP contribution in [0.1, 0.15) is 23.1 Å². The van der Waals surface area contributed by atoms with Gasteiger partial charge in [-0.05, 0) is 49.7 Å². The van der Waals surface area contributed by atoms with Gasteiger partial charge in [0, 0.05) is 5.56 Å². The van der Waals surface area contributed by atoms with Gasteiger partial charge in [0.15, 0.2) is 17.1 Å². The number of aliphatic hydroxyl groups excluding tert-OH is 1. The van der Waals surface area contributed by atoms with Gasteiger partial charge in [0.1, 0.15) is 12.2 Å². The summed E-state index contributed by atoms with van der Waals surface area (Å²) < 4.78 is 18.6. The SMILES string of the molecule is COc1ccc2c3c1O[C@H]1[C@@H](O)C=C[C@@]4(OC(=O)Cc5ccccc5)[C@@H](C2)N(C)CC[C@]314. The quantitative estimate of drug-likeness (QED) is 0.590. The summed E-state index contributed by atoms with van der Waals surface area (Å²) in [5, 5.41) is 11.0. The zero-order chi connectivity index (χ0) is 22.1. The Bertz CT molecular complexity index is 1110. The number of hydrogen-bond acceptors (Lipinski definition) is 6. The number of carbonyl (C=O) groups is 1. The normalized spacial score (nSPS) is 33.9. The molecule has 2 aliphatic heterocycles. The molecule has 5 atom stereocenters. The van der Waals surface area contributed by atoms with Crippen molar-refractivity contribution in [1.82, 2.24) is 4.90 Å². The van der Waals surface area contributed by atoms with Crippen molar-refractivity contribution in [3.8, 4) is 11.5 Å². The van der Waals surface area contributed by atoms with Gasteiger partial charge in [-0.25, -0.2) is 0 Å². The largest absolute Gasteiger partial charge is 0.493 e. The number of methoxy groups -OCH3 is 1. The predicted molar refractivity (Wildman–Crippen MR) is 118 cm³/mol. The number of carbonyl (C=O) groups excluding carboxylic acids is 1. The van der Waals surface area contributed by atoms with Crippen LogP contribution < -0.4 is 9.47 Å². The molecule has 1 N–H and O–H groups in total. The van der Waals surface area contributed by atoms with Crippen LogP contribution in [-0.4, -0.2) is 60.5 Å². The maximum absolute atomic E-state index is 13.3. The average molecular weight is 434 g/mol. The number of likely N-dealkylation sites (N-methyl/N-ethyl adjacent to an activating group) is 1. The summed E-state index contributed by atoms with van der Waals surface area (Å²) in [5.41, 5.74) is 1.57. The molecule has 1 fully saturated rings. The standard InChI is InChI=1S/C26H27NO5/c1-27-13-12-25-22-17-8-9-19(30-2)23(22)31-24(25)18(28)10-11-26(25,20(27)15-17)32-21(29)14-16-6-4-3-5-7-16/h3-11,18,20,24,28H,12-15H2,1-2H3/t18-,20+,24-,25-,26+/m0/s1. The van der Waals surface area contributed by atoms with Crippen LogP contribution in [0, 0.1) is 0 Å². The highest BCUT2D eigenvalue weighted by atomic mass is 16.6. The Labute approximate surface area is 187 Å². The summed E-state index contributed by atoms with van der Waals surface area (Å²) in [4.78, 5) is 15.6. The highest BCUT2D eigenvalue weighted by molar-refractivity contribution is 5.75. The molecule has 2 bridgehead atoms. The van der Waals surface area contributed by atoms with E-state index in [1.54, 1.807) is 13.2 Å². The first-order valence-corrected chi connectivity index (χ1v) is 11.2. The summed E-state index contributed by atoms with van der Waals surface area (Å²) >= 11 is 0. The molecular formula is C26H27NO5. The summed E-state index contributed by atoms with van der Waals surface area (Å²) in [6, 6.07) is 13.6. The number of likely N-dealkylation sites (tertiary alicyclic amines) is 1. The maximum Gasteiger partial charge on any atom is 0.311 e. The number of nitrogens with zero attached hydrogens (tertiary/aromatic N) is 1. The van der Waals surface area contributed by atoms with Gasteiger partial charge >= 0.3 is 5.97 Å². The van der Waals surface area contributed by atoms with Crippen LogP contribution >= 0.6 is 0 Å². The summed E-state index contributed by atoms with van der Waals surface area (Å²) in [7, 11) is 3.72. The monoisotopic (exact) mass is 433 g/mol. The number of hydrogen-bond donors (Lipinski definition) is 1. The van der Waals surface area contributed by atoms with Crippen molar-refractivity contribution in [1.29, 1.82) is 0 Å². The minimum absolute atomic E-state index is 0.0438. The van der Waals surface area contributed by atoms with Crippen LogP contribution in [0.5, 0.6) is 11.5 Å². The third-order valence-corrected chi connectivity index (χ3v) is 7.93. The van der Waals surface area contributed by atoms with E-state index in [1.807, 2.05) is 42.5 Å². The van der Waals surface area contributed by atoms with Gasteiger partial charge < -0.3 is 19.3 Å². The lowest BCUT2D eigenvalue weighted by Crippen LogP contribution is -2.76. The van der Waals surface area contributed by atoms with Gasteiger partial charge in [0.25, 0.3) is 0 Å². The van der Waals surface area contributed by atoms with E-state index < -0.39 is 23.2 Å². The molecule has 166 valence electrons. The van der Waals surface area contributed by atoms with Crippen molar-refractivity contribution in [2.45, 2.75) is 48.5 Å². The van der Waals surface area contributed by atoms with Gasteiger partial charge in [0.05, 0.1) is 25.0 Å². The van der Waals surface area contributed by atoms with Crippen molar-refractivity contribution < 1.29 is 24.1 Å².